The van der Waals surface area contributed by atoms with Crippen molar-refractivity contribution in [2.75, 3.05) is 26.7 Å². The van der Waals surface area contributed by atoms with Crippen LogP contribution in [0.4, 0.5) is 4.79 Å². The van der Waals surface area contributed by atoms with Gasteiger partial charge in [0.2, 0.25) is 5.91 Å². The topological polar surface area (TPSA) is 70.7 Å². The number of rotatable bonds is 2. The van der Waals surface area contributed by atoms with E-state index in [-0.39, 0.29) is 12.5 Å². The van der Waals surface area contributed by atoms with Crippen LogP contribution in [0, 0.1) is 0 Å². The number of urea groups is 1. The van der Waals surface area contributed by atoms with Gasteiger partial charge >= 0.3 is 6.03 Å². The fourth-order valence-corrected chi connectivity index (χ4v) is 1.01. The molecule has 0 aromatic rings. The van der Waals surface area contributed by atoms with Crippen LogP contribution in [0.25, 0.3) is 0 Å². The normalized spacial score (nSPS) is 17.0. The van der Waals surface area contributed by atoms with Gasteiger partial charge in [-0.25, -0.2) is 4.79 Å². The lowest BCUT2D eigenvalue weighted by atomic mass is 10.4. The summed E-state index contributed by atoms with van der Waals surface area (Å²) in [5.74, 6) is -0.360. The number of carbonyl (C=O) groups excluding carboxylic acids is 2. The third-order valence-electron chi connectivity index (χ3n) is 1.63. The first-order valence-electron chi connectivity index (χ1n) is 4.12. The van der Waals surface area contributed by atoms with Crippen molar-refractivity contribution >= 4 is 11.9 Å². The van der Waals surface area contributed by atoms with Gasteiger partial charge in [-0.2, -0.15) is 5.06 Å². The minimum atomic E-state index is -0.496. The Kier molecular flexibility index (Phi) is 3.66. The molecule has 1 saturated heterocycles. The molecule has 0 aromatic heterocycles. The van der Waals surface area contributed by atoms with Gasteiger partial charge in [-0.1, -0.05) is 0 Å². The summed E-state index contributed by atoms with van der Waals surface area (Å²) in [6.07, 6.45) is 0.924. The Morgan fingerprint density at radius 2 is 2.31 bits per heavy atom. The maximum Gasteiger partial charge on any atom is 0.321 e. The minimum absolute atomic E-state index is 0.105. The number of carbonyl (C=O) groups is 2. The molecule has 1 rings (SSSR count). The second-order valence-electron chi connectivity index (χ2n) is 2.68. The Hall–Kier alpha value is -1.14. The Labute approximate surface area is 76.2 Å². The van der Waals surface area contributed by atoms with E-state index in [1.807, 2.05) is 0 Å². The lowest BCUT2D eigenvalue weighted by Gasteiger charge is -2.12. The van der Waals surface area contributed by atoms with E-state index in [9.17, 15) is 9.59 Å². The molecule has 13 heavy (non-hydrogen) atoms. The summed E-state index contributed by atoms with van der Waals surface area (Å²) in [6.45, 7) is 1.49. The van der Waals surface area contributed by atoms with E-state index in [1.54, 1.807) is 0 Å². The van der Waals surface area contributed by atoms with Crippen molar-refractivity contribution in [1.82, 2.24) is 15.7 Å². The molecule has 2 N–H and O–H groups in total. The minimum Gasteiger partial charge on any atom is -0.341 e. The van der Waals surface area contributed by atoms with E-state index in [4.69, 9.17) is 4.84 Å². The molecule has 0 atom stereocenters. The van der Waals surface area contributed by atoms with E-state index in [2.05, 4.69) is 10.6 Å². The number of nitrogens with one attached hydrogen (secondary N) is 2. The van der Waals surface area contributed by atoms with Crippen molar-refractivity contribution in [2.45, 2.75) is 6.42 Å². The average Bonchev–Trinajstić information content (AvgIpc) is 2.56. The van der Waals surface area contributed by atoms with E-state index in [0.29, 0.717) is 6.61 Å². The zero-order valence-corrected chi connectivity index (χ0v) is 7.50. The molecule has 74 valence electrons. The van der Waals surface area contributed by atoms with Gasteiger partial charge in [0.05, 0.1) is 6.61 Å². The highest BCUT2D eigenvalue weighted by Crippen LogP contribution is 2.02. The highest BCUT2D eigenvalue weighted by Gasteiger charge is 2.16. The van der Waals surface area contributed by atoms with E-state index in [1.165, 1.54) is 12.1 Å². The van der Waals surface area contributed by atoms with Crippen LogP contribution in [0.5, 0.6) is 0 Å². The molecule has 0 aromatic carbocycles. The first-order chi connectivity index (χ1) is 6.22. The Bertz CT molecular complexity index is 201. The fraction of sp³-hybridized carbons (Fsp3) is 0.714. The molecule has 3 amide bonds. The zero-order chi connectivity index (χ0) is 9.68. The van der Waals surface area contributed by atoms with Crippen LogP contribution in [0.2, 0.25) is 0 Å². The number of amides is 3. The van der Waals surface area contributed by atoms with Crippen LogP contribution in [-0.2, 0) is 9.63 Å². The molecule has 1 aliphatic rings. The summed E-state index contributed by atoms with van der Waals surface area (Å²) < 4.78 is 0. The monoisotopic (exact) mass is 187 g/mol. The molecular weight excluding hydrogens is 174 g/mol. The van der Waals surface area contributed by atoms with E-state index in [0.717, 1.165) is 13.0 Å². The molecule has 1 heterocycles. The van der Waals surface area contributed by atoms with Crippen molar-refractivity contribution in [3.8, 4) is 0 Å². The number of nitrogens with zero attached hydrogens (tertiary/aromatic N) is 1. The Morgan fingerprint density at radius 3 is 2.85 bits per heavy atom. The van der Waals surface area contributed by atoms with Crippen LogP contribution >= 0.6 is 0 Å². The molecule has 0 aliphatic carbocycles. The van der Waals surface area contributed by atoms with Crippen LogP contribution in [-0.4, -0.2) is 43.7 Å². The molecule has 0 saturated carbocycles. The summed E-state index contributed by atoms with van der Waals surface area (Å²) in [5, 5.41) is 5.98. The fourth-order valence-electron chi connectivity index (χ4n) is 1.01. The largest absolute Gasteiger partial charge is 0.341 e. The molecule has 0 unspecified atom stereocenters. The first kappa shape index (κ1) is 9.94. The summed E-state index contributed by atoms with van der Waals surface area (Å²) in [5.41, 5.74) is 0. The summed E-state index contributed by atoms with van der Waals surface area (Å²) in [6, 6.07) is -0.496. The number of hydroxylamine groups is 2. The van der Waals surface area contributed by atoms with Gasteiger partial charge in [-0.3, -0.25) is 14.9 Å². The summed E-state index contributed by atoms with van der Waals surface area (Å²) >= 11 is 0. The third kappa shape index (κ3) is 3.39. The smallest absolute Gasteiger partial charge is 0.321 e. The number of imide groups is 1. The molecule has 0 spiro atoms. The lowest BCUT2D eigenvalue weighted by molar-refractivity contribution is -0.141. The zero-order valence-electron chi connectivity index (χ0n) is 7.50. The molecule has 1 aliphatic heterocycles. The predicted octanol–water partition coefficient (Wildman–Crippen LogP) is -0.921. The van der Waals surface area contributed by atoms with Gasteiger partial charge in [-0.05, 0) is 6.42 Å². The average molecular weight is 187 g/mol. The summed E-state index contributed by atoms with van der Waals surface area (Å²) in [4.78, 5) is 26.8. The number of hydrogen-bond acceptors (Lipinski definition) is 4. The van der Waals surface area contributed by atoms with Crippen molar-refractivity contribution in [3.05, 3.63) is 0 Å². The highest BCUT2D eigenvalue weighted by molar-refractivity contribution is 5.95. The maximum absolute atomic E-state index is 11.1. The van der Waals surface area contributed by atoms with E-state index >= 15 is 0 Å². The molecule has 6 heteroatoms. The van der Waals surface area contributed by atoms with Crippen LogP contribution in [0.1, 0.15) is 6.42 Å². The van der Waals surface area contributed by atoms with Crippen LogP contribution in [0.15, 0.2) is 0 Å². The highest BCUT2D eigenvalue weighted by atomic mass is 16.7. The van der Waals surface area contributed by atoms with Gasteiger partial charge in [0, 0.05) is 13.6 Å². The Balaban J connectivity index is 2.20. The molecule has 0 radical (unpaired) electrons. The standard InChI is InChI=1S/C7H13N3O3/c1-8-7(12)9-6(11)5-10-3-2-4-13-10/h2-5H2,1H3,(H2,8,9,11,12). The van der Waals surface area contributed by atoms with Gasteiger partial charge in [0.1, 0.15) is 6.54 Å². The predicted molar refractivity (Wildman–Crippen MR) is 44.7 cm³/mol. The maximum atomic E-state index is 11.1. The summed E-state index contributed by atoms with van der Waals surface area (Å²) in [7, 11) is 1.45. The second kappa shape index (κ2) is 4.78. The van der Waals surface area contributed by atoms with Crippen molar-refractivity contribution in [1.29, 1.82) is 0 Å². The van der Waals surface area contributed by atoms with Crippen molar-refractivity contribution < 1.29 is 14.4 Å². The van der Waals surface area contributed by atoms with Crippen molar-refractivity contribution in [3.63, 3.8) is 0 Å². The molecule has 0 bridgehead atoms. The van der Waals surface area contributed by atoms with Crippen molar-refractivity contribution in [2.24, 2.45) is 0 Å². The third-order valence-corrected chi connectivity index (χ3v) is 1.63. The Morgan fingerprint density at radius 1 is 1.54 bits per heavy atom. The van der Waals surface area contributed by atoms with Gasteiger partial charge in [0.15, 0.2) is 0 Å². The lowest BCUT2D eigenvalue weighted by Crippen LogP contribution is -2.42. The van der Waals surface area contributed by atoms with Crippen LogP contribution < -0.4 is 10.6 Å². The molecular formula is C7H13N3O3. The first-order valence-corrected chi connectivity index (χ1v) is 4.12. The second-order valence-corrected chi connectivity index (χ2v) is 2.68. The van der Waals surface area contributed by atoms with Gasteiger partial charge in [0.25, 0.3) is 0 Å². The quantitative estimate of drug-likeness (QED) is 0.586. The SMILES string of the molecule is CNC(=O)NC(=O)CN1CCCO1. The van der Waals surface area contributed by atoms with E-state index < -0.39 is 6.03 Å². The number of hydrogen-bond donors (Lipinski definition) is 2. The van der Waals surface area contributed by atoms with Crippen LogP contribution in [0.3, 0.4) is 0 Å². The molecule has 1 fully saturated rings. The van der Waals surface area contributed by atoms with Gasteiger partial charge < -0.3 is 5.32 Å². The molecule has 6 nitrogen and oxygen atoms in total. The van der Waals surface area contributed by atoms with Gasteiger partial charge in [-0.15, -0.1) is 0 Å².